The Labute approximate surface area is 71.1 Å². The molecule has 0 saturated carbocycles. The number of hydrogen-bond acceptors (Lipinski definition) is 2. The molecule has 1 N–H and O–H groups in total. The molecule has 0 amide bonds. The highest BCUT2D eigenvalue weighted by molar-refractivity contribution is 5.50. The molecule has 0 aliphatic carbocycles. The highest BCUT2D eigenvalue weighted by atomic mass is 16.6. The summed E-state index contributed by atoms with van der Waals surface area (Å²) in [5.74, 6) is 0. The van der Waals surface area contributed by atoms with Crippen molar-refractivity contribution in [3.05, 3.63) is 41.5 Å². The lowest BCUT2D eigenvalue weighted by atomic mass is 10.1. The average Bonchev–Trinajstić information content (AvgIpc) is 2.47. The first-order valence-corrected chi connectivity index (χ1v) is 3.86. The summed E-state index contributed by atoms with van der Waals surface area (Å²) in [6, 6.07) is 5.83. The van der Waals surface area contributed by atoms with Crippen LogP contribution in [0.4, 0.5) is 0 Å². The Kier molecular flexibility index (Phi) is 1.71. The van der Waals surface area contributed by atoms with E-state index in [1.54, 1.807) is 6.08 Å². The first-order valence-electron chi connectivity index (χ1n) is 3.86. The van der Waals surface area contributed by atoms with Gasteiger partial charge in [-0.25, -0.2) is 0 Å². The Balaban J connectivity index is 2.50. The van der Waals surface area contributed by atoms with Crippen molar-refractivity contribution in [3.63, 3.8) is 0 Å². The van der Waals surface area contributed by atoms with Gasteiger partial charge in [0.05, 0.1) is 6.61 Å². The normalized spacial score (nSPS) is 20.6. The van der Waals surface area contributed by atoms with Crippen LogP contribution in [0, 0.1) is 0 Å². The molecule has 2 nitrogen and oxygen atoms in total. The molecule has 0 fully saturated rings. The third-order valence-corrected chi connectivity index (χ3v) is 2.07. The standard InChI is InChI=1S/C10H10O2/c1-2-7-3-4-8-6-12-10(11)9(8)5-7/h2-5,10-11H,1,6H2. The summed E-state index contributed by atoms with van der Waals surface area (Å²) in [5, 5.41) is 9.34. The maximum atomic E-state index is 9.34. The molecule has 0 aromatic heterocycles. The van der Waals surface area contributed by atoms with Crippen LogP contribution in [-0.2, 0) is 11.3 Å². The van der Waals surface area contributed by atoms with Crippen molar-refractivity contribution in [2.75, 3.05) is 0 Å². The van der Waals surface area contributed by atoms with Gasteiger partial charge in [0.1, 0.15) is 0 Å². The molecule has 1 heterocycles. The van der Waals surface area contributed by atoms with E-state index < -0.39 is 6.29 Å². The number of benzene rings is 1. The summed E-state index contributed by atoms with van der Waals surface area (Å²) in [5.41, 5.74) is 2.94. The molecule has 1 unspecified atom stereocenters. The van der Waals surface area contributed by atoms with Gasteiger partial charge >= 0.3 is 0 Å². The zero-order chi connectivity index (χ0) is 8.55. The van der Waals surface area contributed by atoms with E-state index in [2.05, 4.69) is 6.58 Å². The van der Waals surface area contributed by atoms with Gasteiger partial charge in [0.15, 0.2) is 6.29 Å². The highest BCUT2D eigenvalue weighted by Gasteiger charge is 2.20. The fourth-order valence-corrected chi connectivity index (χ4v) is 1.36. The topological polar surface area (TPSA) is 29.5 Å². The number of hydrogen-bond donors (Lipinski definition) is 1. The summed E-state index contributed by atoms with van der Waals surface area (Å²) in [6.45, 7) is 4.17. The molecular weight excluding hydrogens is 152 g/mol. The predicted octanol–water partition coefficient (Wildman–Crippen LogP) is 1.85. The van der Waals surface area contributed by atoms with E-state index in [1.165, 1.54) is 0 Å². The zero-order valence-electron chi connectivity index (χ0n) is 6.66. The Morgan fingerprint density at radius 1 is 1.58 bits per heavy atom. The Morgan fingerprint density at radius 2 is 2.42 bits per heavy atom. The second-order valence-electron chi connectivity index (χ2n) is 2.83. The minimum Gasteiger partial charge on any atom is -0.364 e. The van der Waals surface area contributed by atoms with Crippen molar-refractivity contribution in [2.24, 2.45) is 0 Å². The van der Waals surface area contributed by atoms with Crippen LogP contribution in [0.5, 0.6) is 0 Å². The van der Waals surface area contributed by atoms with Gasteiger partial charge in [-0.05, 0) is 17.2 Å². The van der Waals surface area contributed by atoms with Crippen LogP contribution in [0.1, 0.15) is 23.0 Å². The summed E-state index contributed by atoms with van der Waals surface area (Å²) in [6.07, 6.45) is 1.01. The Hall–Kier alpha value is -1.12. The van der Waals surface area contributed by atoms with Crippen LogP contribution in [0.2, 0.25) is 0 Å². The Morgan fingerprint density at radius 3 is 3.17 bits per heavy atom. The number of ether oxygens (including phenoxy) is 1. The minimum atomic E-state index is -0.750. The maximum Gasteiger partial charge on any atom is 0.181 e. The lowest BCUT2D eigenvalue weighted by molar-refractivity contribution is -0.0918. The van der Waals surface area contributed by atoms with Crippen molar-refractivity contribution in [3.8, 4) is 0 Å². The molecular formula is C10H10O2. The van der Waals surface area contributed by atoms with E-state index in [1.807, 2.05) is 18.2 Å². The second kappa shape index (κ2) is 2.73. The molecule has 1 atom stereocenters. The monoisotopic (exact) mass is 162 g/mol. The second-order valence-corrected chi connectivity index (χ2v) is 2.83. The van der Waals surface area contributed by atoms with E-state index in [9.17, 15) is 5.11 Å². The van der Waals surface area contributed by atoms with Crippen molar-refractivity contribution >= 4 is 6.08 Å². The first-order chi connectivity index (χ1) is 5.81. The molecule has 1 aromatic rings. The van der Waals surface area contributed by atoms with Gasteiger partial charge in [-0.15, -0.1) is 0 Å². The summed E-state index contributed by atoms with van der Waals surface area (Å²) in [4.78, 5) is 0. The molecule has 1 aromatic carbocycles. The van der Waals surface area contributed by atoms with E-state index in [0.717, 1.165) is 16.7 Å². The van der Waals surface area contributed by atoms with Crippen LogP contribution >= 0.6 is 0 Å². The third kappa shape index (κ3) is 1.05. The number of rotatable bonds is 1. The average molecular weight is 162 g/mol. The molecule has 12 heavy (non-hydrogen) atoms. The van der Waals surface area contributed by atoms with Gasteiger partial charge in [-0.2, -0.15) is 0 Å². The van der Waals surface area contributed by atoms with Gasteiger partial charge in [0.25, 0.3) is 0 Å². The number of aliphatic hydroxyl groups is 1. The molecule has 0 spiro atoms. The third-order valence-electron chi connectivity index (χ3n) is 2.07. The SMILES string of the molecule is C=Cc1ccc2c(c1)C(O)OC2. The minimum absolute atomic E-state index is 0.508. The molecule has 0 radical (unpaired) electrons. The lowest BCUT2D eigenvalue weighted by Gasteiger charge is -2.02. The molecule has 0 bridgehead atoms. The van der Waals surface area contributed by atoms with Crippen LogP contribution in [0.3, 0.4) is 0 Å². The van der Waals surface area contributed by atoms with Crippen LogP contribution in [0.25, 0.3) is 6.08 Å². The molecule has 62 valence electrons. The zero-order valence-corrected chi connectivity index (χ0v) is 6.66. The van der Waals surface area contributed by atoms with Crippen molar-refractivity contribution in [1.82, 2.24) is 0 Å². The van der Waals surface area contributed by atoms with Gasteiger partial charge in [0, 0.05) is 5.56 Å². The van der Waals surface area contributed by atoms with Gasteiger partial charge in [-0.3, -0.25) is 0 Å². The molecule has 0 saturated heterocycles. The number of aliphatic hydroxyl groups excluding tert-OH is 1. The van der Waals surface area contributed by atoms with Crippen molar-refractivity contribution in [2.45, 2.75) is 12.9 Å². The van der Waals surface area contributed by atoms with Gasteiger partial charge < -0.3 is 9.84 Å². The van der Waals surface area contributed by atoms with Gasteiger partial charge in [-0.1, -0.05) is 24.8 Å². The van der Waals surface area contributed by atoms with Crippen LogP contribution in [-0.4, -0.2) is 5.11 Å². The summed E-state index contributed by atoms with van der Waals surface area (Å²) in [7, 11) is 0. The predicted molar refractivity (Wildman–Crippen MR) is 46.3 cm³/mol. The molecule has 1 aliphatic heterocycles. The van der Waals surface area contributed by atoms with E-state index >= 15 is 0 Å². The van der Waals surface area contributed by atoms with Crippen molar-refractivity contribution in [1.29, 1.82) is 0 Å². The largest absolute Gasteiger partial charge is 0.364 e. The first kappa shape index (κ1) is 7.53. The molecule has 2 heteroatoms. The van der Waals surface area contributed by atoms with E-state index in [4.69, 9.17) is 4.74 Å². The smallest absolute Gasteiger partial charge is 0.181 e. The lowest BCUT2D eigenvalue weighted by Crippen LogP contribution is -1.92. The fourth-order valence-electron chi connectivity index (χ4n) is 1.36. The Bertz CT molecular complexity index is 318. The molecule has 1 aliphatic rings. The molecule has 2 rings (SSSR count). The maximum absolute atomic E-state index is 9.34. The number of fused-ring (bicyclic) bond motifs is 1. The van der Waals surface area contributed by atoms with E-state index in [0.29, 0.717) is 6.61 Å². The van der Waals surface area contributed by atoms with E-state index in [-0.39, 0.29) is 0 Å². The van der Waals surface area contributed by atoms with Crippen molar-refractivity contribution < 1.29 is 9.84 Å². The highest BCUT2D eigenvalue weighted by Crippen LogP contribution is 2.29. The fraction of sp³-hybridized carbons (Fsp3) is 0.200. The van der Waals surface area contributed by atoms with Crippen LogP contribution < -0.4 is 0 Å². The quantitative estimate of drug-likeness (QED) is 0.682. The van der Waals surface area contributed by atoms with Gasteiger partial charge in [0.2, 0.25) is 0 Å². The summed E-state index contributed by atoms with van der Waals surface area (Å²) >= 11 is 0. The van der Waals surface area contributed by atoms with Crippen LogP contribution in [0.15, 0.2) is 24.8 Å². The summed E-state index contributed by atoms with van der Waals surface area (Å²) < 4.78 is 5.04.